The van der Waals surface area contributed by atoms with Gasteiger partial charge in [-0.05, 0) is 85.6 Å². The average molecular weight is 867 g/mol. The topological polar surface area (TPSA) is 259 Å². The Labute approximate surface area is 384 Å². The summed E-state index contributed by atoms with van der Waals surface area (Å²) in [6.45, 7) is 3.45. The molecule has 1 heterocycles. The first-order valence-electron chi connectivity index (χ1n) is 13.4. The molecule has 260 valence electrons. The van der Waals surface area contributed by atoms with E-state index in [2.05, 4.69) is 35.7 Å². The van der Waals surface area contributed by atoms with Crippen LogP contribution in [0.3, 0.4) is 0 Å². The van der Waals surface area contributed by atoms with E-state index in [-0.39, 0.29) is 127 Å². The molecular formula is C28H17Cl3N7Na3O9S3. The van der Waals surface area contributed by atoms with Gasteiger partial charge in [-0.25, -0.2) is 25.3 Å². The minimum Gasteiger partial charge on any atom is -0.744 e. The molecule has 1 aromatic heterocycles. The number of aryl methyl sites for hydroxylation is 2. The molecule has 0 saturated heterocycles. The molecule has 0 spiro atoms. The molecule has 4 aromatic carbocycles. The third-order valence-electron chi connectivity index (χ3n) is 6.73. The average Bonchev–Trinajstić information content (AvgIpc) is 3.00. The van der Waals surface area contributed by atoms with Crippen LogP contribution < -0.4 is 94.0 Å². The van der Waals surface area contributed by atoms with Gasteiger partial charge >= 0.3 is 88.7 Å². The summed E-state index contributed by atoms with van der Waals surface area (Å²) >= 11 is 17.8. The molecule has 16 nitrogen and oxygen atoms in total. The standard InChI is InChI=1S/C28H20Cl3N7O9S3.3Na/c1-13-7-15(32-28-33-26(30)25(29)27(31)34-28)3-5-21(13)37-35-16-4-6-22(14(2)8-16)38-36-17-9-19-20(23(10-17)49(42,43)44)11-18(48(39,40)41)12-24(19)50(45,46)47;;;/h3-12H,1-2H3,(H,32,33,34)(H,39,40,41)(H,42,43,44)(H,45,46,47);;;/q;3*+1/p-3. The van der Waals surface area contributed by atoms with E-state index in [1.165, 1.54) is 6.07 Å². The molecule has 0 bridgehead atoms. The normalized spacial score (nSPS) is 12.0. The fourth-order valence-corrected chi connectivity index (χ4v) is 6.92. The SMILES string of the molecule is Cc1cc(N=Nc2ccc(Nc3nc(Cl)c(Cl)c(Cl)n3)cc2C)ccc1N=Nc1cc(S(=O)(=O)[O-])c2cc(S(=O)(=O)[O-])cc(S(=O)(=O)[O-])c2c1.[Na+].[Na+].[Na+]. The van der Waals surface area contributed by atoms with Crippen LogP contribution in [0.15, 0.2) is 95.8 Å². The van der Waals surface area contributed by atoms with Gasteiger partial charge in [0.25, 0.3) is 0 Å². The maximum absolute atomic E-state index is 12.1. The molecule has 25 heteroatoms. The maximum Gasteiger partial charge on any atom is 1.00 e. The second-order valence-electron chi connectivity index (χ2n) is 10.3. The van der Waals surface area contributed by atoms with Crippen molar-refractivity contribution in [2.75, 3.05) is 5.32 Å². The Kier molecular flexibility index (Phi) is 17.1. The summed E-state index contributed by atoms with van der Waals surface area (Å²) in [5.41, 5.74) is 2.69. The van der Waals surface area contributed by atoms with Crippen LogP contribution >= 0.6 is 34.8 Å². The van der Waals surface area contributed by atoms with E-state index >= 15 is 0 Å². The van der Waals surface area contributed by atoms with Crippen molar-refractivity contribution in [2.45, 2.75) is 28.5 Å². The van der Waals surface area contributed by atoms with Crippen molar-refractivity contribution in [2.24, 2.45) is 20.5 Å². The number of hydrogen-bond acceptors (Lipinski definition) is 16. The zero-order valence-corrected chi connectivity index (χ0v) is 38.7. The summed E-state index contributed by atoms with van der Waals surface area (Å²) in [6.07, 6.45) is 0. The van der Waals surface area contributed by atoms with Crippen molar-refractivity contribution in [3.8, 4) is 0 Å². The first-order valence-corrected chi connectivity index (χ1v) is 18.8. The van der Waals surface area contributed by atoms with Gasteiger partial charge in [0.15, 0.2) is 10.3 Å². The number of fused-ring (bicyclic) bond motifs is 1. The number of rotatable bonds is 9. The number of hydrogen-bond donors (Lipinski definition) is 1. The van der Waals surface area contributed by atoms with Crippen LogP contribution in [0, 0.1) is 13.8 Å². The van der Waals surface area contributed by atoms with Gasteiger partial charge in [-0.1, -0.05) is 34.8 Å². The molecule has 5 aromatic rings. The van der Waals surface area contributed by atoms with E-state index < -0.39 is 55.8 Å². The van der Waals surface area contributed by atoms with E-state index in [4.69, 9.17) is 34.8 Å². The van der Waals surface area contributed by atoms with Crippen LogP contribution in [-0.4, -0.2) is 48.9 Å². The Hall–Kier alpha value is -1.18. The van der Waals surface area contributed by atoms with Crippen molar-refractivity contribution < 1.29 is 128 Å². The van der Waals surface area contributed by atoms with Crippen LogP contribution in [0.25, 0.3) is 10.8 Å². The van der Waals surface area contributed by atoms with E-state index in [1.54, 1.807) is 44.2 Å². The molecule has 5 rings (SSSR count). The van der Waals surface area contributed by atoms with Crippen LogP contribution in [0.1, 0.15) is 11.1 Å². The van der Waals surface area contributed by atoms with Gasteiger partial charge in [0, 0.05) is 16.5 Å². The molecule has 0 radical (unpaired) electrons. The molecule has 0 aliphatic rings. The Morgan fingerprint density at radius 3 is 1.58 bits per heavy atom. The Bertz CT molecular complexity index is 2620. The van der Waals surface area contributed by atoms with Gasteiger partial charge in [-0.2, -0.15) is 30.4 Å². The zero-order valence-electron chi connectivity index (χ0n) is 28.0. The second kappa shape index (κ2) is 18.8. The predicted molar refractivity (Wildman–Crippen MR) is 179 cm³/mol. The summed E-state index contributed by atoms with van der Waals surface area (Å²) in [6, 6.07) is 12.2. The zero-order chi connectivity index (χ0) is 36.8. The Balaban J connectivity index is 0.00000324. The molecular weight excluding hydrogens is 850 g/mol. The molecule has 53 heavy (non-hydrogen) atoms. The maximum atomic E-state index is 12.1. The number of anilines is 2. The third kappa shape index (κ3) is 11.9. The van der Waals surface area contributed by atoms with E-state index in [0.717, 1.165) is 11.6 Å². The van der Waals surface area contributed by atoms with Gasteiger partial charge in [-0.3, -0.25) is 0 Å². The first-order chi connectivity index (χ1) is 23.2. The van der Waals surface area contributed by atoms with Gasteiger partial charge in [0.05, 0.1) is 37.4 Å². The van der Waals surface area contributed by atoms with Crippen molar-refractivity contribution in [1.29, 1.82) is 0 Å². The number of aromatic nitrogens is 2. The smallest absolute Gasteiger partial charge is 0.744 e. The van der Waals surface area contributed by atoms with E-state index in [0.29, 0.717) is 34.8 Å². The molecule has 0 amide bonds. The van der Waals surface area contributed by atoms with Crippen molar-refractivity contribution in [3.05, 3.63) is 87.1 Å². The van der Waals surface area contributed by atoms with E-state index in [9.17, 15) is 38.9 Å². The van der Waals surface area contributed by atoms with Crippen LogP contribution in [-0.2, 0) is 30.4 Å². The van der Waals surface area contributed by atoms with Crippen LogP contribution in [0.4, 0.5) is 34.4 Å². The van der Waals surface area contributed by atoms with Gasteiger partial charge in [-0.15, -0.1) is 0 Å². The molecule has 0 aliphatic carbocycles. The largest absolute Gasteiger partial charge is 1.00 e. The van der Waals surface area contributed by atoms with Gasteiger partial charge in [0.2, 0.25) is 5.95 Å². The fraction of sp³-hybridized carbons (Fsp3) is 0.0714. The summed E-state index contributed by atoms with van der Waals surface area (Å²) < 4.78 is 107. The fourth-order valence-electron chi connectivity index (χ4n) is 4.43. The molecule has 0 aliphatic heterocycles. The minimum absolute atomic E-state index is 0. The number of halogens is 3. The number of benzene rings is 4. The number of azo groups is 2. The van der Waals surface area contributed by atoms with Crippen molar-refractivity contribution >= 4 is 110 Å². The van der Waals surface area contributed by atoms with Gasteiger partial charge in [0.1, 0.15) is 35.4 Å². The predicted octanol–water partition coefficient (Wildman–Crippen LogP) is -1.49. The third-order valence-corrected chi connectivity index (χ3v) is 10.4. The summed E-state index contributed by atoms with van der Waals surface area (Å²) in [4.78, 5) is 4.45. The monoisotopic (exact) mass is 865 g/mol. The van der Waals surface area contributed by atoms with Crippen LogP contribution in [0.2, 0.25) is 15.3 Å². The molecule has 0 atom stereocenters. The second-order valence-corrected chi connectivity index (χ2v) is 15.4. The molecule has 0 fully saturated rings. The Morgan fingerprint density at radius 1 is 0.585 bits per heavy atom. The van der Waals surface area contributed by atoms with Crippen molar-refractivity contribution in [3.63, 3.8) is 0 Å². The summed E-state index contributed by atoms with van der Waals surface area (Å²) in [5, 5.41) is 18.0. The van der Waals surface area contributed by atoms with E-state index in [1.807, 2.05) is 0 Å². The van der Waals surface area contributed by atoms with Crippen LogP contribution in [0.5, 0.6) is 0 Å². The van der Waals surface area contributed by atoms with Crippen molar-refractivity contribution in [1.82, 2.24) is 9.97 Å². The summed E-state index contributed by atoms with van der Waals surface area (Å²) in [7, 11) is -16.3. The first kappa shape index (κ1) is 48.0. The minimum atomic E-state index is -5.48. The molecule has 0 unspecified atom stereocenters. The number of nitrogens with zero attached hydrogens (tertiary/aromatic N) is 6. The molecule has 0 saturated carbocycles. The van der Waals surface area contributed by atoms with Gasteiger partial charge < -0.3 is 19.0 Å². The Morgan fingerprint density at radius 2 is 1.08 bits per heavy atom. The molecule has 1 N–H and O–H groups in total. The summed E-state index contributed by atoms with van der Waals surface area (Å²) in [5.74, 6) is 0.134. The quantitative estimate of drug-likeness (QED) is 0.0769. The number of nitrogens with one attached hydrogen (secondary N) is 1.